The summed E-state index contributed by atoms with van der Waals surface area (Å²) in [5.74, 6) is -2.17. The molecule has 1 aromatic heterocycles. The molecule has 1 fully saturated rings. The smallest absolute Gasteiger partial charge is 0.301 e. The summed E-state index contributed by atoms with van der Waals surface area (Å²) in [4.78, 5) is 42.4. The third kappa shape index (κ3) is 3.59. The number of amides is 1. The molecule has 0 unspecified atom stereocenters. The Labute approximate surface area is 184 Å². The van der Waals surface area contributed by atoms with Gasteiger partial charge in [0.1, 0.15) is 17.6 Å². The fourth-order valence-electron chi connectivity index (χ4n) is 3.51. The first kappa shape index (κ1) is 20.4. The minimum atomic E-state index is -1.23. The van der Waals surface area contributed by atoms with Gasteiger partial charge in [-0.3, -0.25) is 24.6 Å². The Balaban J connectivity index is 2.01. The summed E-state index contributed by atoms with van der Waals surface area (Å²) < 4.78 is 0.652. The Morgan fingerprint density at radius 2 is 1.71 bits per heavy atom. The maximum Gasteiger partial charge on any atom is 0.301 e. The lowest BCUT2D eigenvalue weighted by Gasteiger charge is -2.24. The number of hydrogen-bond donors (Lipinski definition) is 1. The van der Waals surface area contributed by atoms with E-state index in [-0.39, 0.29) is 22.6 Å². The highest BCUT2D eigenvalue weighted by Crippen LogP contribution is 2.44. The minimum absolute atomic E-state index is 0.0916. The number of hydrogen-bond acceptors (Lipinski definition) is 6. The number of rotatable bonds is 4. The number of carbonyl (C=O) groups excluding carboxylic acids is 2. The van der Waals surface area contributed by atoms with Crippen LogP contribution in [-0.2, 0) is 9.59 Å². The summed E-state index contributed by atoms with van der Waals surface area (Å²) in [7, 11) is 0. The maximum atomic E-state index is 13.0. The van der Waals surface area contributed by atoms with Gasteiger partial charge >= 0.3 is 5.91 Å². The third-order valence-corrected chi connectivity index (χ3v) is 5.35. The number of anilines is 1. The van der Waals surface area contributed by atoms with Crippen LogP contribution >= 0.6 is 15.9 Å². The molecule has 2 heterocycles. The number of nitro benzene ring substituents is 1. The standard InChI is InChI=1S/C22H14BrN3O5/c23-14-10-11-17(24-12-14)25-19(15-8-4-5-9-16(15)26(30)31)18(21(28)22(25)29)20(27)13-6-2-1-3-7-13/h1-12,19,27H/t19-/m0/s1. The monoisotopic (exact) mass is 479 g/mol. The van der Waals surface area contributed by atoms with Crippen LogP contribution in [0.25, 0.3) is 5.76 Å². The molecule has 0 aliphatic carbocycles. The number of pyridine rings is 1. The van der Waals surface area contributed by atoms with Crippen molar-refractivity contribution in [2.24, 2.45) is 0 Å². The van der Waals surface area contributed by atoms with Crippen LogP contribution in [0.3, 0.4) is 0 Å². The zero-order chi connectivity index (χ0) is 22.1. The first-order chi connectivity index (χ1) is 14.9. The lowest BCUT2D eigenvalue weighted by molar-refractivity contribution is -0.385. The number of Topliss-reactive ketones (excluding diaryl/α,β-unsaturated/α-hetero) is 1. The van der Waals surface area contributed by atoms with Gasteiger partial charge in [0.2, 0.25) is 0 Å². The molecule has 31 heavy (non-hydrogen) atoms. The van der Waals surface area contributed by atoms with E-state index in [1.54, 1.807) is 42.5 Å². The van der Waals surface area contributed by atoms with Crippen molar-refractivity contribution in [2.75, 3.05) is 4.90 Å². The number of aliphatic hydroxyl groups is 1. The molecule has 0 spiro atoms. The van der Waals surface area contributed by atoms with E-state index >= 15 is 0 Å². The van der Waals surface area contributed by atoms with E-state index in [0.29, 0.717) is 10.0 Å². The second kappa shape index (κ2) is 8.11. The SMILES string of the molecule is O=C1C(=O)N(c2ccc(Br)cn2)[C@@H](c2ccccc2[N+](=O)[O-])C1=C(O)c1ccccc1. The Morgan fingerprint density at radius 1 is 1.03 bits per heavy atom. The minimum Gasteiger partial charge on any atom is -0.507 e. The molecule has 0 bridgehead atoms. The van der Waals surface area contributed by atoms with Gasteiger partial charge in [0.05, 0.1) is 16.1 Å². The Morgan fingerprint density at radius 3 is 2.35 bits per heavy atom. The molecule has 0 radical (unpaired) electrons. The average Bonchev–Trinajstić information content (AvgIpc) is 3.05. The van der Waals surface area contributed by atoms with E-state index in [4.69, 9.17) is 0 Å². The van der Waals surface area contributed by atoms with Crippen LogP contribution in [0.1, 0.15) is 17.2 Å². The first-order valence-electron chi connectivity index (χ1n) is 9.11. The predicted molar refractivity (Wildman–Crippen MR) is 116 cm³/mol. The van der Waals surface area contributed by atoms with Crippen LogP contribution in [0.2, 0.25) is 0 Å². The quantitative estimate of drug-likeness (QED) is 0.195. The molecule has 1 aliphatic rings. The van der Waals surface area contributed by atoms with Crippen molar-refractivity contribution in [1.82, 2.24) is 4.98 Å². The van der Waals surface area contributed by atoms with E-state index in [0.717, 1.165) is 4.90 Å². The molecule has 1 atom stereocenters. The Kier molecular flexibility index (Phi) is 5.35. The van der Waals surface area contributed by atoms with Gasteiger partial charge in [-0.15, -0.1) is 0 Å². The fourth-order valence-corrected chi connectivity index (χ4v) is 3.74. The van der Waals surface area contributed by atoms with Gasteiger partial charge in [-0.2, -0.15) is 0 Å². The Hall–Kier alpha value is -3.85. The topological polar surface area (TPSA) is 114 Å². The molecule has 1 N–H and O–H groups in total. The predicted octanol–water partition coefficient (Wildman–Crippen LogP) is 4.38. The lowest BCUT2D eigenvalue weighted by atomic mass is 9.94. The van der Waals surface area contributed by atoms with E-state index in [9.17, 15) is 24.8 Å². The second-order valence-electron chi connectivity index (χ2n) is 6.69. The van der Waals surface area contributed by atoms with Crippen LogP contribution < -0.4 is 4.90 Å². The number of nitrogens with zero attached hydrogens (tertiary/aromatic N) is 3. The maximum absolute atomic E-state index is 13.0. The van der Waals surface area contributed by atoms with Gasteiger partial charge < -0.3 is 5.11 Å². The van der Waals surface area contributed by atoms with E-state index in [2.05, 4.69) is 20.9 Å². The summed E-state index contributed by atoms with van der Waals surface area (Å²) >= 11 is 3.27. The van der Waals surface area contributed by atoms with Crippen LogP contribution in [0.5, 0.6) is 0 Å². The van der Waals surface area contributed by atoms with Crippen molar-refractivity contribution in [3.8, 4) is 0 Å². The highest BCUT2D eigenvalue weighted by Gasteiger charge is 2.49. The summed E-state index contributed by atoms with van der Waals surface area (Å²) in [6.45, 7) is 0. The molecular weight excluding hydrogens is 466 g/mol. The molecule has 154 valence electrons. The third-order valence-electron chi connectivity index (χ3n) is 4.88. The number of carbonyl (C=O) groups is 2. The highest BCUT2D eigenvalue weighted by atomic mass is 79.9. The van der Waals surface area contributed by atoms with E-state index in [1.165, 1.54) is 30.5 Å². The van der Waals surface area contributed by atoms with Crippen molar-refractivity contribution in [3.05, 3.63) is 104 Å². The van der Waals surface area contributed by atoms with Gasteiger partial charge in [-0.25, -0.2) is 4.98 Å². The fraction of sp³-hybridized carbons (Fsp3) is 0.0455. The van der Waals surface area contributed by atoms with Crippen molar-refractivity contribution < 1.29 is 19.6 Å². The summed E-state index contributed by atoms with van der Waals surface area (Å²) in [5, 5.41) is 22.7. The van der Waals surface area contributed by atoms with Crippen molar-refractivity contribution in [1.29, 1.82) is 0 Å². The first-order valence-corrected chi connectivity index (χ1v) is 9.90. The highest BCUT2D eigenvalue weighted by molar-refractivity contribution is 9.10. The van der Waals surface area contributed by atoms with Crippen LogP contribution in [0.4, 0.5) is 11.5 Å². The molecule has 3 aromatic rings. The number of benzene rings is 2. The number of halogens is 1. The zero-order valence-electron chi connectivity index (χ0n) is 15.8. The average molecular weight is 480 g/mol. The molecular formula is C22H14BrN3O5. The van der Waals surface area contributed by atoms with Crippen LogP contribution in [0, 0.1) is 10.1 Å². The number of para-hydroxylation sites is 1. The molecule has 1 aliphatic heterocycles. The molecule has 9 heteroatoms. The van der Waals surface area contributed by atoms with E-state index < -0.39 is 28.4 Å². The normalized spacial score (nSPS) is 17.7. The van der Waals surface area contributed by atoms with E-state index in [1.807, 2.05) is 0 Å². The molecule has 1 amide bonds. The summed E-state index contributed by atoms with van der Waals surface area (Å²) in [5.41, 5.74) is -0.118. The van der Waals surface area contributed by atoms with Crippen molar-refractivity contribution >= 4 is 44.9 Å². The second-order valence-corrected chi connectivity index (χ2v) is 7.60. The van der Waals surface area contributed by atoms with Gasteiger partial charge in [-0.1, -0.05) is 42.5 Å². The molecule has 8 nitrogen and oxygen atoms in total. The molecule has 0 saturated carbocycles. The van der Waals surface area contributed by atoms with Crippen molar-refractivity contribution in [2.45, 2.75) is 6.04 Å². The molecule has 4 rings (SSSR count). The number of aliphatic hydroxyl groups excluding tert-OH is 1. The molecule has 2 aromatic carbocycles. The summed E-state index contributed by atoms with van der Waals surface area (Å²) in [6, 6.07) is 16.0. The number of ketones is 1. The van der Waals surface area contributed by atoms with Gasteiger partial charge in [0.25, 0.3) is 11.5 Å². The van der Waals surface area contributed by atoms with Crippen LogP contribution in [-0.4, -0.2) is 26.7 Å². The lowest BCUT2D eigenvalue weighted by Crippen LogP contribution is -2.30. The Bertz CT molecular complexity index is 1230. The van der Waals surface area contributed by atoms with Gasteiger partial charge in [-0.05, 0) is 34.1 Å². The van der Waals surface area contributed by atoms with Gasteiger partial charge in [0.15, 0.2) is 0 Å². The largest absolute Gasteiger partial charge is 0.507 e. The number of nitro groups is 1. The number of aromatic nitrogens is 1. The van der Waals surface area contributed by atoms with Crippen LogP contribution in [0.15, 0.2) is 83.0 Å². The molecule has 1 saturated heterocycles. The van der Waals surface area contributed by atoms with Gasteiger partial charge in [0, 0.05) is 22.3 Å². The van der Waals surface area contributed by atoms with Crippen molar-refractivity contribution in [3.63, 3.8) is 0 Å². The zero-order valence-corrected chi connectivity index (χ0v) is 17.4. The summed E-state index contributed by atoms with van der Waals surface area (Å²) in [6.07, 6.45) is 1.45.